The topological polar surface area (TPSA) is 50.3 Å². The van der Waals surface area contributed by atoms with Crippen LogP contribution in [0.1, 0.15) is 26.4 Å². The average Bonchev–Trinajstić information content (AvgIpc) is 3.70. The van der Waals surface area contributed by atoms with Crippen LogP contribution in [0.3, 0.4) is 0 Å². The van der Waals surface area contributed by atoms with E-state index < -0.39 is 23.2 Å². The van der Waals surface area contributed by atoms with E-state index in [2.05, 4.69) is 17.1 Å². The highest BCUT2D eigenvalue weighted by Crippen LogP contribution is 2.45. The molecule has 0 bridgehead atoms. The maximum atomic E-state index is 13.7. The first kappa shape index (κ1) is 29.0. The van der Waals surface area contributed by atoms with Crippen LogP contribution < -0.4 is 4.90 Å². The molecule has 0 aliphatic heterocycles. The van der Waals surface area contributed by atoms with Crippen LogP contribution in [0.5, 0.6) is 0 Å². The number of hydrogen-bond acceptors (Lipinski definition) is 6. The number of carbonyl (C=O) groups excluding carboxylic acids is 2. The average molecular weight is 663 g/mol. The number of allylic oxidation sites excluding steroid dienone is 1. The van der Waals surface area contributed by atoms with Gasteiger partial charge in [-0.3, -0.25) is 14.6 Å². The van der Waals surface area contributed by atoms with E-state index in [1.54, 1.807) is 59.2 Å². The zero-order chi connectivity index (χ0) is 32.4. The monoisotopic (exact) mass is 662 g/mol. The Morgan fingerprint density at radius 3 is 1.79 bits per heavy atom. The number of ketones is 2. The maximum absolute atomic E-state index is 13.7. The van der Waals surface area contributed by atoms with E-state index in [-0.39, 0.29) is 28.3 Å². The fourth-order valence-electron chi connectivity index (χ4n) is 5.68. The van der Waals surface area contributed by atoms with Gasteiger partial charge < -0.3 is 4.90 Å². The Labute approximate surface area is 272 Å². The molecule has 10 heteroatoms. The second-order valence-electron chi connectivity index (χ2n) is 10.9. The predicted octanol–water partition coefficient (Wildman–Crippen LogP) is 10.7. The first-order chi connectivity index (χ1) is 22.7. The Hall–Kier alpha value is -5.45. The van der Waals surface area contributed by atoms with Crippen molar-refractivity contribution < 1.29 is 27.2 Å². The molecule has 0 saturated heterocycles. The summed E-state index contributed by atoms with van der Waals surface area (Å²) in [7, 11) is 0. The Morgan fingerprint density at radius 2 is 1.21 bits per heavy atom. The minimum Gasteiger partial charge on any atom is -0.310 e. The number of benzene rings is 4. The number of nitrogens with zero attached hydrogens (tertiary/aromatic N) is 2. The van der Waals surface area contributed by atoms with Crippen molar-refractivity contribution >= 4 is 76.9 Å². The Balaban J connectivity index is 1.10. The van der Waals surface area contributed by atoms with Gasteiger partial charge in [-0.2, -0.15) is 0 Å². The zero-order valence-corrected chi connectivity index (χ0v) is 25.6. The van der Waals surface area contributed by atoms with E-state index >= 15 is 0 Å². The summed E-state index contributed by atoms with van der Waals surface area (Å²) in [5.74, 6) is -4.40. The van der Waals surface area contributed by atoms with Gasteiger partial charge >= 0.3 is 0 Å². The number of rotatable bonds is 5. The summed E-state index contributed by atoms with van der Waals surface area (Å²) in [6.45, 7) is 0. The molecule has 7 aromatic rings. The molecule has 47 heavy (non-hydrogen) atoms. The molecule has 1 aliphatic rings. The van der Waals surface area contributed by atoms with E-state index in [4.69, 9.17) is 0 Å². The normalized spacial score (nSPS) is 12.7. The standard InChI is InChI=1S/C37H18F4N2O2S2/c38-20-2-7-23(8-3-20)43(24-9-4-21(39)5-10-24)25-11-12-26-33(14-25)46-34-17-32(47-37(26)34)19-1-6-22(42-18-19)13-29-35(44)27-15-30(40)31(41)16-28(27)36(29)45/h1-18H. The minimum absolute atomic E-state index is 0.159. The third-order valence-electron chi connectivity index (χ3n) is 7.96. The summed E-state index contributed by atoms with van der Waals surface area (Å²) in [6.07, 6.45) is 2.99. The van der Waals surface area contributed by atoms with Crippen molar-refractivity contribution in [3.63, 3.8) is 0 Å². The summed E-state index contributed by atoms with van der Waals surface area (Å²) >= 11 is 3.24. The molecule has 0 fully saturated rings. The van der Waals surface area contributed by atoms with Crippen LogP contribution in [-0.2, 0) is 0 Å². The summed E-state index contributed by atoms with van der Waals surface area (Å²) < 4.78 is 58.1. The summed E-state index contributed by atoms with van der Waals surface area (Å²) in [4.78, 5) is 32.8. The molecule has 8 rings (SSSR count). The number of pyridine rings is 1. The van der Waals surface area contributed by atoms with Crippen LogP contribution in [-0.4, -0.2) is 16.6 Å². The van der Waals surface area contributed by atoms with Gasteiger partial charge in [0.1, 0.15) is 11.6 Å². The van der Waals surface area contributed by atoms with E-state index in [9.17, 15) is 27.2 Å². The van der Waals surface area contributed by atoms with Crippen molar-refractivity contribution in [2.24, 2.45) is 0 Å². The molecule has 4 aromatic carbocycles. The molecule has 0 radical (unpaired) electrons. The van der Waals surface area contributed by atoms with Crippen LogP contribution in [0, 0.1) is 23.3 Å². The number of thiophene rings is 2. The van der Waals surface area contributed by atoms with Crippen molar-refractivity contribution in [3.8, 4) is 10.4 Å². The summed E-state index contributed by atoms with van der Waals surface area (Å²) in [6, 6.07) is 25.5. The molecule has 0 unspecified atom stereocenters. The molecular formula is C37H18F4N2O2S2. The van der Waals surface area contributed by atoms with Gasteiger partial charge in [0.25, 0.3) is 0 Å². The molecule has 0 spiro atoms. The van der Waals surface area contributed by atoms with Crippen LogP contribution in [0.2, 0.25) is 0 Å². The fourth-order valence-corrected chi connectivity index (χ4v) is 8.23. The molecule has 1 aliphatic carbocycles. The molecule has 3 heterocycles. The van der Waals surface area contributed by atoms with Crippen LogP contribution in [0.25, 0.3) is 36.0 Å². The van der Waals surface area contributed by atoms with E-state index in [0.29, 0.717) is 5.69 Å². The highest BCUT2D eigenvalue weighted by molar-refractivity contribution is 7.34. The van der Waals surface area contributed by atoms with Crippen molar-refractivity contribution in [2.45, 2.75) is 0 Å². The van der Waals surface area contributed by atoms with Gasteiger partial charge in [-0.25, -0.2) is 17.6 Å². The van der Waals surface area contributed by atoms with Gasteiger partial charge in [0.05, 0.1) is 16.0 Å². The zero-order valence-electron chi connectivity index (χ0n) is 23.9. The van der Waals surface area contributed by atoms with E-state index in [1.807, 2.05) is 23.1 Å². The number of aromatic nitrogens is 1. The molecule has 0 saturated carbocycles. The van der Waals surface area contributed by atoms with Crippen LogP contribution in [0.4, 0.5) is 34.6 Å². The number of carbonyl (C=O) groups is 2. The molecular weight excluding hydrogens is 645 g/mol. The maximum Gasteiger partial charge on any atom is 0.197 e. The lowest BCUT2D eigenvalue weighted by Gasteiger charge is -2.25. The smallest absolute Gasteiger partial charge is 0.197 e. The van der Waals surface area contributed by atoms with Crippen LogP contribution >= 0.6 is 22.7 Å². The van der Waals surface area contributed by atoms with Crippen molar-refractivity contribution in [1.29, 1.82) is 0 Å². The lowest BCUT2D eigenvalue weighted by atomic mass is 10.1. The van der Waals surface area contributed by atoms with Crippen LogP contribution in [0.15, 0.2) is 109 Å². The third kappa shape index (κ3) is 5.02. The van der Waals surface area contributed by atoms with Gasteiger partial charge in [0, 0.05) is 59.6 Å². The first-order valence-electron chi connectivity index (χ1n) is 14.3. The lowest BCUT2D eigenvalue weighted by molar-refractivity contribution is 0.0990. The lowest BCUT2D eigenvalue weighted by Crippen LogP contribution is -2.09. The molecule has 4 nitrogen and oxygen atoms in total. The molecule has 3 aromatic heterocycles. The quantitative estimate of drug-likeness (QED) is 0.105. The predicted molar refractivity (Wildman–Crippen MR) is 178 cm³/mol. The SMILES string of the molecule is O=C1C(=Cc2ccc(-c3cc4sc5cc(N(c6ccc(F)cc6)c6ccc(F)cc6)ccc5c4s3)cn2)C(=O)c2cc(F)c(F)cc21. The minimum atomic E-state index is -1.19. The second kappa shape index (κ2) is 11.1. The number of fused-ring (bicyclic) bond motifs is 4. The number of halogens is 4. The fraction of sp³-hybridized carbons (Fsp3) is 0. The highest BCUT2D eigenvalue weighted by Gasteiger charge is 2.34. The Bertz CT molecular complexity index is 2340. The Kier molecular flexibility index (Phi) is 6.85. The second-order valence-corrected chi connectivity index (χ2v) is 13.0. The van der Waals surface area contributed by atoms with Crippen molar-refractivity contribution in [3.05, 3.63) is 149 Å². The van der Waals surface area contributed by atoms with Gasteiger partial charge in [-0.15, -0.1) is 22.7 Å². The molecule has 228 valence electrons. The number of hydrogen-bond donors (Lipinski definition) is 0. The summed E-state index contributed by atoms with van der Waals surface area (Å²) in [5.41, 5.74) is 3.02. The van der Waals surface area contributed by atoms with Gasteiger partial charge in [0.15, 0.2) is 23.2 Å². The Morgan fingerprint density at radius 1 is 0.617 bits per heavy atom. The van der Waals surface area contributed by atoms with Gasteiger partial charge in [0.2, 0.25) is 0 Å². The van der Waals surface area contributed by atoms with E-state index in [0.717, 1.165) is 59.1 Å². The number of Topliss-reactive ketones (excluding diaryl/α,β-unsaturated/α-hetero) is 2. The van der Waals surface area contributed by atoms with E-state index in [1.165, 1.54) is 30.3 Å². The number of anilines is 3. The van der Waals surface area contributed by atoms with Gasteiger partial charge in [-0.05, 0) is 97.1 Å². The molecule has 0 N–H and O–H groups in total. The molecule has 0 amide bonds. The van der Waals surface area contributed by atoms with Gasteiger partial charge in [-0.1, -0.05) is 6.07 Å². The first-order valence-corrected chi connectivity index (χ1v) is 15.9. The highest BCUT2D eigenvalue weighted by atomic mass is 32.1. The summed E-state index contributed by atoms with van der Waals surface area (Å²) in [5, 5.41) is 1.07. The van der Waals surface area contributed by atoms with Crippen molar-refractivity contribution in [2.75, 3.05) is 4.90 Å². The third-order valence-corrected chi connectivity index (χ3v) is 10.4. The molecule has 0 atom stereocenters. The largest absolute Gasteiger partial charge is 0.310 e. The van der Waals surface area contributed by atoms with Crippen molar-refractivity contribution in [1.82, 2.24) is 4.98 Å².